The summed E-state index contributed by atoms with van der Waals surface area (Å²) >= 11 is 1.47. The zero-order valence-electron chi connectivity index (χ0n) is 19.5. The summed E-state index contributed by atoms with van der Waals surface area (Å²) in [6.45, 7) is 8.32. The number of hydrogen-bond acceptors (Lipinski definition) is 7. The topological polar surface area (TPSA) is 109 Å². The maximum Gasteiger partial charge on any atom is 0.260 e. The number of hydrogen-bond donors (Lipinski definition) is 2. The minimum Gasteiger partial charge on any atom is -0.324 e. The molecule has 0 radical (unpaired) electrons. The quantitative estimate of drug-likeness (QED) is 0.441. The van der Waals surface area contributed by atoms with E-state index in [-0.39, 0.29) is 17.2 Å². The van der Waals surface area contributed by atoms with E-state index in [2.05, 4.69) is 44.6 Å². The number of anilines is 2. The zero-order chi connectivity index (χ0) is 24.0. The van der Waals surface area contributed by atoms with Crippen molar-refractivity contribution in [2.75, 3.05) is 30.3 Å². The minimum atomic E-state index is -0.286. The van der Waals surface area contributed by atoms with Crippen molar-refractivity contribution in [1.82, 2.24) is 29.3 Å². The average Bonchev–Trinajstić information content (AvgIpc) is 3.44. The summed E-state index contributed by atoms with van der Waals surface area (Å²) in [6.07, 6.45) is 8.74. The summed E-state index contributed by atoms with van der Waals surface area (Å²) in [5.41, 5.74) is 3.44. The summed E-state index contributed by atoms with van der Waals surface area (Å²) in [5, 5.41) is 14.3. The molecule has 0 saturated carbocycles. The van der Waals surface area contributed by atoms with E-state index in [9.17, 15) is 9.59 Å². The Hall–Kier alpha value is -3.57. The van der Waals surface area contributed by atoms with Crippen LogP contribution in [0.4, 0.5) is 11.4 Å². The smallest absolute Gasteiger partial charge is 0.260 e. The Kier molecular flexibility index (Phi) is 5.45. The van der Waals surface area contributed by atoms with Crippen LogP contribution in [0.15, 0.2) is 37.1 Å². The van der Waals surface area contributed by atoms with Crippen molar-refractivity contribution >= 4 is 39.4 Å². The van der Waals surface area contributed by atoms with Gasteiger partial charge in [-0.1, -0.05) is 13.8 Å². The Morgan fingerprint density at radius 2 is 1.91 bits per heavy atom. The van der Waals surface area contributed by atoms with Gasteiger partial charge in [0.05, 0.1) is 52.6 Å². The maximum atomic E-state index is 13.1. The van der Waals surface area contributed by atoms with Crippen LogP contribution in [0, 0.1) is 12.3 Å². The average molecular weight is 479 g/mol. The summed E-state index contributed by atoms with van der Waals surface area (Å²) in [6, 6.07) is 1.73. The van der Waals surface area contributed by atoms with Gasteiger partial charge in [0.15, 0.2) is 0 Å². The van der Waals surface area contributed by atoms with Crippen LogP contribution in [0.3, 0.4) is 0 Å². The van der Waals surface area contributed by atoms with Gasteiger partial charge in [-0.25, -0.2) is 4.52 Å². The lowest BCUT2D eigenvalue weighted by Gasteiger charge is -2.45. The number of pyridine rings is 1. The maximum absolute atomic E-state index is 13.1. The summed E-state index contributed by atoms with van der Waals surface area (Å²) in [4.78, 5) is 33.7. The zero-order valence-corrected chi connectivity index (χ0v) is 20.3. The second-order valence-corrected chi connectivity index (χ2v) is 10.5. The highest BCUT2D eigenvalue weighted by Gasteiger charge is 2.34. The first kappa shape index (κ1) is 22.2. The van der Waals surface area contributed by atoms with Gasteiger partial charge >= 0.3 is 0 Å². The first-order chi connectivity index (χ1) is 16.2. The number of likely N-dealkylation sites (tertiary alicyclic amines) is 1. The van der Waals surface area contributed by atoms with E-state index in [1.54, 1.807) is 33.9 Å². The molecule has 5 heterocycles. The fourth-order valence-corrected chi connectivity index (χ4v) is 5.25. The van der Waals surface area contributed by atoms with E-state index in [4.69, 9.17) is 0 Å². The molecular weight excluding hydrogens is 452 g/mol. The molecule has 5 rings (SSSR count). The van der Waals surface area contributed by atoms with Gasteiger partial charge in [-0.05, 0) is 18.4 Å². The standard InChI is InChI=1S/C23H26N8O2S/c1-14-18(5-16(7-24-14)27-20(32)11-30-12-23(2,3)13-30)28-21(33)17-8-26-31-10-19(34-22(17)31)15-6-25-29(4)9-15/h5-10H,11-13H2,1-4H3,(H,27,32)(H,28,33). The number of amides is 2. The van der Waals surface area contributed by atoms with Crippen molar-refractivity contribution in [3.8, 4) is 10.4 Å². The van der Waals surface area contributed by atoms with Gasteiger partial charge in [0.2, 0.25) is 5.91 Å². The molecule has 0 spiro atoms. The molecule has 4 aromatic heterocycles. The highest BCUT2D eigenvalue weighted by molar-refractivity contribution is 7.21. The molecule has 1 saturated heterocycles. The van der Waals surface area contributed by atoms with Crippen molar-refractivity contribution in [3.05, 3.63) is 48.3 Å². The van der Waals surface area contributed by atoms with Crippen LogP contribution >= 0.6 is 11.3 Å². The van der Waals surface area contributed by atoms with Crippen molar-refractivity contribution in [3.63, 3.8) is 0 Å². The van der Waals surface area contributed by atoms with Crippen LogP contribution in [0.25, 0.3) is 15.3 Å². The fraction of sp³-hybridized carbons (Fsp3) is 0.348. The molecule has 0 bridgehead atoms. The Morgan fingerprint density at radius 1 is 1.12 bits per heavy atom. The van der Waals surface area contributed by atoms with E-state index < -0.39 is 0 Å². The minimum absolute atomic E-state index is 0.0988. The third-order valence-electron chi connectivity index (χ3n) is 5.72. The molecule has 0 unspecified atom stereocenters. The van der Waals surface area contributed by atoms with E-state index in [0.717, 1.165) is 28.4 Å². The Bertz CT molecular complexity index is 1390. The predicted octanol–water partition coefficient (Wildman–Crippen LogP) is 3.03. The van der Waals surface area contributed by atoms with Gasteiger partial charge in [0.25, 0.3) is 5.91 Å². The van der Waals surface area contributed by atoms with Gasteiger partial charge in [0.1, 0.15) is 4.83 Å². The lowest BCUT2D eigenvalue weighted by Crippen LogP contribution is -2.54. The van der Waals surface area contributed by atoms with Gasteiger partial charge < -0.3 is 10.6 Å². The molecule has 0 aromatic carbocycles. The molecule has 2 N–H and O–H groups in total. The van der Waals surface area contributed by atoms with E-state index >= 15 is 0 Å². The van der Waals surface area contributed by atoms with Crippen molar-refractivity contribution < 1.29 is 9.59 Å². The van der Waals surface area contributed by atoms with E-state index in [0.29, 0.717) is 29.2 Å². The molecule has 34 heavy (non-hydrogen) atoms. The monoisotopic (exact) mass is 478 g/mol. The largest absolute Gasteiger partial charge is 0.324 e. The highest BCUT2D eigenvalue weighted by Crippen LogP contribution is 2.31. The molecule has 11 heteroatoms. The molecule has 0 aliphatic carbocycles. The highest BCUT2D eigenvalue weighted by atomic mass is 32.1. The molecule has 0 atom stereocenters. The van der Waals surface area contributed by atoms with Crippen molar-refractivity contribution in [2.45, 2.75) is 20.8 Å². The van der Waals surface area contributed by atoms with Gasteiger partial charge in [-0.2, -0.15) is 10.2 Å². The van der Waals surface area contributed by atoms with Crippen LogP contribution in [0.5, 0.6) is 0 Å². The predicted molar refractivity (Wildman–Crippen MR) is 131 cm³/mol. The molecule has 1 aliphatic heterocycles. The number of rotatable bonds is 6. The molecule has 10 nitrogen and oxygen atoms in total. The second-order valence-electron chi connectivity index (χ2n) is 9.47. The summed E-state index contributed by atoms with van der Waals surface area (Å²) in [7, 11) is 1.86. The Morgan fingerprint density at radius 3 is 2.62 bits per heavy atom. The summed E-state index contributed by atoms with van der Waals surface area (Å²) in [5.74, 6) is -0.385. The number of carbonyl (C=O) groups is 2. The Labute approximate surface area is 200 Å². The van der Waals surface area contributed by atoms with Gasteiger partial charge in [-0.15, -0.1) is 11.3 Å². The van der Waals surface area contributed by atoms with Crippen LogP contribution < -0.4 is 10.6 Å². The fourth-order valence-electron chi connectivity index (χ4n) is 4.22. The van der Waals surface area contributed by atoms with Gasteiger partial charge in [-0.3, -0.25) is 24.2 Å². The van der Waals surface area contributed by atoms with Gasteiger partial charge in [0, 0.05) is 38.1 Å². The number of nitrogens with one attached hydrogen (secondary N) is 2. The van der Waals surface area contributed by atoms with Crippen LogP contribution in [-0.4, -0.2) is 60.7 Å². The lowest BCUT2D eigenvalue weighted by atomic mass is 9.84. The van der Waals surface area contributed by atoms with E-state index in [1.165, 1.54) is 11.3 Å². The molecule has 4 aromatic rings. The Balaban J connectivity index is 1.29. The molecule has 1 aliphatic rings. The number of carbonyl (C=O) groups excluding carboxylic acids is 2. The molecular formula is C23H26N8O2S. The lowest BCUT2D eigenvalue weighted by molar-refractivity contribution is -0.120. The first-order valence-electron chi connectivity index (χ1n) is 10.9. The number of aryl methyl sites for hydroxylation is 2. The molecule has 176 valence electrons. The third-order valence-corrected chi connectivity index (χ3v) is 6.88. The number of aromatic nitrogens is 5. The second kappa shape index (κ2) is 8.33. The normalized spacial score (nSPS) is 15.3. The third kappa shape index (κ3) is 4.44. The summed E-state index contributed by atoms with van der Waals surface area (Å²) < 4.78 is 3.43. The van der Waals surface area contributed by atoms with Crippen LogP contribution in [0.2, 0.25) is 0 Å². The number of thiazole rings is 1. The van der Waals surface area contributed by atoms with E-state index in [1.807, 2.05) is 26.4 Å². The SMILES string of the molecule is Cc1ncc(NC(=O)CN2CC(C)(C)C2)cc1NC(=O)c1cnn2cc(-c3cnn(C)c3)sc12. The van der Waals surface area contributed by atoms with Crippen LogP contribution in [0.1, 0.15) is 29.9 Å². The molecule has 2 amide bonds. The van der Waals surface area contributed by atoms with Crippen LogP contribution in [-0.2, 0) is 11.8 Å². The van der Waals surface area contributed by atoms with Crippen molar-refractivity contribution in [2.24, 2.45) is 12.5 Å². The molecule has 1 fully saturated rings. The first-order valence-corrected chi connectivity index (χ1v) is 11.7. The number of nitrogens with zero attached hydrogens (tertiary/aromatic N) is 6. The van der Waals surface area contributed by atoms with Crippen molar-refractivity contribution in [1.29, 1.82) is 0 Å². The number of fused-ring (bicyclic) bond motifs is 1.